The van der Waals surface area contributed by atoms with E-state index in [2.05, 4.69) is 15.5 Å². The topological polar surface area (TPSA) is 51.0 Å². The lowest BCUT2D eigenvalue weighted by molar-refractivity contribution is 0.384. The van der Waals surface area contributed by atoms with E-state index >= 15 is 0 Å². The Balaban J connectivity index is 1.70. The van der Waals surface area contributed by atoms with Crippen LogP contribution in [0.1, 0.15) is 5.89 Å². The number of thiophene rings is 1. The molecule has 2 aromatic heterocycles. The van der Waals surface area contributed by atoms with Gasteiger partial charge < -0.3 is 9.84 Å². The minimum absolute atomic E-state index is 0.308. The van der Waals surface area contributed by atoms with Gasteiger partial charge in [0.1, 0.15) is 5.82 Å². The Morgan fingerprint density at radius 1 is 1.35 bits per heavy atom. The molecule has 1 aromatic carbocycles. The molecular formula is C13H9ClFN3OS. The lowest BCUT2D eigenvalue weighted by Gasteiger charge is -2.05. The highest BCUT2D eigenvalue weighted by Gasteiger charge is 2.09. The molecule has 2 heterocycles. The van der Waals surface area contributed by atoms with E-state index in [4.69, 9.17) is 16.1 Å². The van der Waals surface area contributed by atoms with Crippen molar-refractivity contribution in [1.82, 2.24) is 10.1 Å². The van der Waals surface area contributed by atoms with Crippen LogP contribution >= 0.6 is 22.9 Å². The van der Waals surface area contributed by atoms with E-state index in [-0.39, 0.29) is 5.82 Å². The smallest absolute Gasteiger partial charge is 0.246 e. The maximum Gasteiger partial charge on any atom is 0.246 e. The summed E-state index contributed by atoms with van der Waals surface area (Å²) >= 11 is 7.45. The van der Waals surface area contributed by atoms with E-state index in [9.17, 15) is 4.39 Å². The summed E-state index contributed by atoms with van der Waals surface area (Å²) in [5, 5.41) is 9.18. The molecule has 1 N–H and O–H groups in total. The normalized spacial score (nSPS) is 10.7. The van der Waals surface area contributed by atoms with Crippen molar-refractivity contribution in [2.24, 2.45) is 0 Å². The quantitative estimate of drug-likeness (QED) is 0.784. The maximum absolute atomic E-state index is 12.9. The number of rotatable bonds is 4. The predicted molar refractivity (Wildman–Crippen MR) is 76.3 cm³/mol. The average molecular weight is 310 g/mol. The summed E-state index contributed by atoms with van der Waals surface area (Å²) in [4.78, 5) is 5.21. The van der Waals surface area contributed by atoms with Gasteiger partial charge >= 0.3 is 0 Å². The van der Waals surface area contributed by atoms with Crippen LogP contribution in [0, 0.1) is 5.82 Å². The van der Waals surface area contributed by atoms with Gasteiger partial charge in [-0.3, -0.25) is 0 Å². The molecule has 0 aliphatic heterocycles. The molecule has 102 valence electrons. The molecule has 20 heavy (non-hydrogen) atoms. The number of hydrogen-bond donors (Lipinski definition) is 1. The van der Waals surface area contributed by atoms with Crippen LogP contribution in [-0.2, 0) is 6.54 Å². The number of nitrogens with one attached hydrogen (secondary N) is 1. The van der Waals surface area contributed by atoms with Crippen molar-refractivity contribution in [3.63, 3.8) is 0 Å². The molecule has 3 aromatic rings. The third-order valence-corrected chi connectivity index (χ3v) is 3.75. The zero-order valence-corrected chi connectivity index (χ0v) is 11.7. The minimum Gasteiger partial charge on any atom is -0.375 e. The molecule has 0 amide bonds. The molecule has 3 rings (SSSR count). The Kier molecular flexibility index (Phi) is 3.66. The summed E-state index contributed by atoms with van der Waals surface area (Å²) in [6.07, 6.45) is 0. The molecule has 0 bridgehead atoms. The minimum atomic E-state index is -0.377. The Morgan fingerprint density at radius 3 is 3.00 bits per heavy atom. The number of hydrogen-bond acceptors (Lipinski definition) is 5. The fourth-order valence-corrected chi connectivity index (χ4v) is 2.52. The van der Waals surface area contributed by atoms with Crippen LogP contribution in [0.15, 0.2) is 40.2 Å². The molecule has 0 saturated carbocycles. The van der Waals surface area contributed by atoms with Crippen molar-refractivity contribution < 1.29 is 8.91 Å². The van der Waals surface area contributed by atoms with E-state index in [0.29, 0.717) is 29.0 Å². The van der Waals surface area contributed by atoms with Crippen molar-refractivity contribution in [2.45, 2.75) is 6.54 Å². The van der Waals surface area contributed by atoms with E-state index in [1.54, 1.807) is 6.07 Å². The van der Waals surface area contributed by atoms with Crippen LogP contribution in [0.4, 0.5) is 10.1 Å². The Morgan fingerprint density at radius 2 is 2.25 bits per heavy atom. The molecule has 0 aliphatic carbocycles. The molecule has 0 saturated heterocycles. The lowest BCUT2D eigenvalue weighted by Crippen LogP contribution is -2.00. The number of aromatic nitrogens is 2. The monoisotopic (exact) mass is 309 g/mol. The van der Waals surface area contributed by atoms with E-state index in [1.807, 2.05) is 17.5 Å². The summed E-state index contributed by atoms with van der Waals surface area (Å²) in [7, 11) is 0. The van der Waals surface area contributed by atoms with Crippen molar-refractivity contribution in [3.8, 4) is 10.7 Å². The number of anilines is 1. The summed E-state index contributed by atoms with van der Waals surface area (Å²) in [6, 6.07) is 7.98. The SMILES string of the molecule is Fc1ccc(NCc2nc(-c3cccs3)no2)c(Cl)c1. The van der Waals surface area contributed by atoms with Gasteiger partial charge in [-0.2, -0.15) is 4.98 Å². The molecule has 7 heteroatoms. The molecule has 4 nitrogen and oxygen atoms in total. The van der Waals surface area contributed by atoms with Gasteiger partial charge in [0.25, 0.3) is 0 Å². The summed E-state index contributed by atoms with van der Waals surface area (Å²) in [5.74, 6) is 0.620. The van der Waals surface area contributed by atoms with Crippen LogP contribution in [0.25, 0.3) is 10.7 Å². The summed E-state index contributed by atoms with van der Waals surface area (Å²) in [5.41, 5.74) is 0.615. The van der Waals surface area contributed by atoms with Gasteiger partial charge in [0.2, 0.25) is 11.7 Å². The van der Waals surface area contributed by atoms with Crippen LogP contribution in [0.2, 0.25) is 5.02 Å². The first-order valence-corrected chi connectivity index (χ1v) is 7.03. The van der Waals surface area contributed by atoms with Gasteiger partial charge in [0.15, 0.2) is 0 Å². The van der Waals surface area contributed by atoms with E-state index in [0.717, 1.165) is 4.88 Å². The van der Waals surface area contributed by atoms with Crippen molar-refractivity contribution >= 4 is 28.6 Å². The zero-order chi connectivity index (χ0) is 13.9. The highest BCUT2D eigenvalue weighted by Crippen LogP contribution is 2.24. The lowest BCUT2D eigenvalue weighted by atomic mass is 10.3. The molecule has 0 fully saturated rings. The fraction of sp³-hybridized carbons (Fsp3) is 0.0769. The standard InChI is InChI=1S/C13H9ClFN3OS/c14-9-6-8(15)3-4-10(9)16-7-12-17-13(18-19-12)11-2-1-5-20-11/h1-6,16H,7H2. The highest BCUT2D eigenvalue weighted by molar-refractivity contribution is 7.13. The fourth-order valence-electron chi connectivity index (χ4n) is 1.64. The van der Waals surface area contributed by atoms with Gasteiger partial charge in [0.05, 0.1) is 22.1 Å². The van der Waals surface area contributed by atoms with Crippen molar-refractivity contribution in [2.75, 3.05) is 5.32 Å². The second-order valence-corrected chi connectivity index (χ2v) is 5.32. The van der Waals surface area contributed by atoms with Gasteiger partial charge in [-0.05, 0) is 29.6 Å². The molecule has 0 atom stereocenters. The Labute approximate surface area is 123 Å². The zero-order valence-electron chi connectivity index (χ0n) is 10.1. The number of benzene rings is 1. The average Bonchev–Trinajstić information content (AvgIpc) is 3.08. The van der Waals surface area contributed by atoms with Crippen LogP contribution in [0.5, 0.6) is 0 Å². The maximum atomic E-state index is 12.9. The first-order valence-electron chi connectivity index (χ1n) is 5.78. The third kappa shape index (κ3) is 2.81. The summed E-state index contributed by atoms with van der Waals surface area (Å²) < 4.78 is 18.1. The Bertz CT molecular complexity index is 714. The molecule has 0 aliphatic rings. The van der Waals surface area contributed by atoms with Crippen LogP contribution in [-0.4, -0.2) is 10.1 Å². The molecule has 0 spiro atoms. The van der Waals surface area contributed by atoms with Gasteiger partial charge in [-0.25, -0.2) is 4.39 Å². The van der Waals surface area contributed by atoms with Gasteiger partial charge in [-0.15, -0.1) is 11.3 Å². The summed E-state index contributed by atoms with van der Waals surface area (Å²) in [6.45, 7) is 0.323. The van der Waals surface area contributed by atoms with Crippen LogP contribution < -0.4 is 5.32 Å². The second-order valence-electron chi connectivity index (χ2n) is 3.97. The molecular weight excluding hydrogens is 301 g/mol. The second kappa shape index (κ2) is 5.60. The van der Waals surface area contributed by atoms with Crippen molar-refractivity contribution in [1.29, 1.82) is 0 Å². The van der Waals surface area contributed by atoms with Gasteiger partial charge in [0, 0.05) is 0 Å². The molecule has 0 radical (unpaired) electrons. The molecule has 0 unspecified atom stereocenters. The van der Waals surface area contributed by atoms with E-state index < -0.39 is 0 Å². The van der Waals surface area contributed by atoms with Crippen LogP contribution in [0.3, 0.4) is 0 Å². The first kappa shape index (κ1) is 13.1. The van der Waals surface area contributed by atoms with Crippen molar-refractivity contribution in [3.05, 3.63) is 52.4 Å². The first-order chi connectivity index (χ1) is 9.72. The van der Waals surface area contributed by atoms with Gasteiger partial charge in [-0.1, -0.05) is 22.8 Å². The van der Waals surface area contributed by atoms with E-state index in [1.165, 1.54) is 23.5 Å². The number of halogens is 2. The highest BCUT2D eigenvalue weighted by atomic mass is 35.5. The number of nitrogens with zero attached hydrogens (tertiary/aromatic N) is 2. The Hall–Kier alpha value is -1.92. The third-order valence-electron chi connectivity index (χ3n) is 2.57. The largest absolute Gasteiger partial charge is 0.375 e. The predicted octanol–water partition coefficient (Wildman–Crippen LogP) is 4.20.